The van der Waals surface area contributed by atoms with Crippen molar-refractivity contribution >= 4 is 34.2 Å². The summed E-state index contributed by atoms with van der Waals surface area (Å²) in [4.78, 5) is 9.64. The molecule has 0 atom stereocenters. The minimum Gasteiger partial charge on any atom is -0.278 e. The molecule has 2 N–H and O–H groups in total. The van der Waals surface area contributed by atoms with Crippen molar-refractivity contribution in [2.45, 2.75) is 0 Å². The van der Waals surface area contributed by atoms with Crippen LogP contribution in [0, 0.1) is 0 Å². The maximum absolute atomic E-state index is 5.80. The van der Waals surface area contributed by atoms with Crippen LogP contribution < -0.4 is 4.98 Å². The topological polar surface area (TPSA) is 42.8 Å². The van der Waals surface area contributed by atoms with Crippen molar-refractivity contribution < 1.29 is 4.98 Å². The molecule has 0 saturated heterocycles. The van der Waals surface area contributed by atoms with Crippen LogP contribution in [0.2, 0.25) is 10.2 Å². The van der Waals surface area contributed by atoms with Gasteiger partial charge in [-0.2, -0.15) is 0 Å². The van der Waals surface area contributed by atoms with Gasteiger partial charge in [0, 0.05) is 0 Å². The standard InChI is InChI=1S/C6H3Cl2N3/c7-3-1-9-6-4(3)5(8)10-2-11-6/h1-2H,(H,9,10,11)/p+1. The quantitative estimate of drug-likeness (QED) is 0.629. The Bertz CT molecular complexity index is 396. The van der Waals surface area contributed by atoms with E-state index < -0.39 is 0 Å². The van der Waals surface area contributed by atoms with E-state index >= 15 is 0 Å². The van der Waals surface area contributed by atoms with E-state index in [-0.39, 0.29) is 0 Å². The molecule has 0 aliphatic carbocycles. The Hall–Kier alpha value is -0.800. The molecule has 0 unspecified atom stereocenters. The Kier molecular flexibility index (Phi) is 1.47. The zero-order chi connectivity index (χ0) is 7.84. The Morgan fingerprint density at radius 3 is 3.00 bits per heavy atom. The van der Waals surface area contributed by atoms with Crippen molar-refractivity contribution in [3.05, 3.63) is 22.7 Å². The molecule has 0 aliphatic heterocycles. The fraction of sp³-hybridized carbons (Fsp3) is 0. The predicted molar refractivity (Wildman–Crippen MR) is 42.7 cm³/mol. The molecule has 0 amide bonds. The summed E-state index contributed by atoms with van der Waals surface area (Å²) < 4.78 is 0. The summed E-state index contributed by atoms with van der Waals surface area (Å²) in [6, 6.07) is 0. The molecule has 0 bridgehead atoms. The molecule has 2 aromatic heterocycles. The van der Waals surface area contributed by atoms with Crippen molar-refractivity contribution in [3.63, 3.8) is 0 Å². The molecule has 0 radical (unpaired) electrons. The first-order valence-corrected chi connectivity index (χ1v) is 3.73. The van der Waals surface area contributed by atoms with Crippen molar-refractivity contribution in [1.29, 1.82) is 0 Å². The number of aromatic amines is 2. The number of nitrogens with zero attached hydrogens (tertiary/aromatic N) is 1. The summed E-state index contributed by atoms with van der Waals surface area (Å²) in [6.07, 6.45) is 3.17. The SMILES string of the molecule is Clc1c[nH]c2[nH+]cnc(Cl)c12. The molecule has 2 aromatic rings. The van der Waals surface area contributed by atoms with E-state index in [2.05, 4.69) is 15.0 Å². The molecule has 0 aromatic carbocycles. The molecule has 0 fully saturated rings. The van der Waals surface area contributed by atoms with Crippen molar-refractivity contribution in [3.8, 4) is 0 Å². The fourth-order valence-electron chi connectivity index (χ4n) is 0.933. The molecule has 5 heteroatoms. The highest BCUT2D eigenvalue weighted by Gasteiger charge is 2.11. The molecular formula is C6H4Cl2N3+. The zero-order valence-electron chi connectivity index (χ0n) is 5.36. The van der Waals surface area contributed by atoms with Gasteiger partial charge in [-0.3, -0.25) is 4.98 Å². The van der Waals surface area contributed by atoms with E-state index in [1.807, 2.05) is 0 Å². The van der Waals surface area contributed by atoms with E-state index in [0.717, 1.165) is 11.0 Å². The lowest BCUT2D eigenvalue weighted by molar-refractivity contribution is -0.352. The van der Waals surface area contributed by atoms with Crippen LogP contribution in [-0.4, -0.2) is 9.97 Å². The third kappa shape index (κ3) is 0.968. The Morgan fingerprint density at radius 2 is 2.27 bits per heavy atom. The molecule has 56 valence electrons. The second-order valence-corrected chi connectivity index (χ2v) is 2.85. The molecule has 0 aliphatic rings. The Labute approximate surface area is 72.4 Å². The maximum Gasteiger partial charge on any atom is 0.236 e. The number of rotatable bonds is 0. The highest BCUT2D eigenvalue weighted by molar-refractivity contribution is 6.41. The van der Waals surface area contributed by atoms with Crippen molar-refractivity contribution in [1.82, 2.24) is 9.97 Å². The fourth-order valence-corrected chi connectivity index (χ4v) is 1.46. The van der Waals surface area contributed by atoms with E-state index in [1.165, 1.54) is 6.33 Å². The lowest BCUT2D eigenvalue weighted by atomic mass is 10.4. The number of H-pyrrole nitrogens is 2. The number of fused-ring (bicyclic) bond motifs is 1. The average molecular weight is 189 g/mol. The maximum atomic E-state index is 5.80. The van der Waals surface area contributed by atoms with Crippen molar-refractivity contribution in [2.75, 3.05) is 0 Å². The highest BCUT2D eigenvalue weighted by Crippen LogP contribution is 2.24. The van der Waals surface area contributed by atoms with Crippen molar-refractivity contribution in [2.24, 2.45) is 0 Å². The van der Waals surface area contributed by atoms with E-state index in [1.54, 1.807) is 6.20 Å². The normalized spacial score (nSPS) is 10.7. The van der Waals surface area contributed by atoms with E-state index in [4.69, 9.17) is 23.2 Å². The lowest BCUT2D eigenvalue weighted by Crippen LogP contribution is -2.03. The summed E-state index contributed by atoms with van der Waals surface area (Å²) in [5.74, 6) is 0. The van der Waals surface area contributed by atoms with Crippen LogP contribution in [0.25, 0.3) is 11.0 Å². The Balaban J connectivity index is 2.96. The second kappa shape index (κ2) is 2.36. The molecular weight excluding hydrogens is 185 g/mol. The summed E-state index contributed by atoms with van der Waals surface area (Å²) in [5, 5.41) is 1.72. The summed E-state index contributed by atoms with van der Waals surface area (Å²) in [6.45, 7) is 0. The minimum atomic E-state index is 0.407. The van der Waals surface area contributed by atoms with Gasteiger partial charge in [-0.05, 0) is 11.6 Å². The van der Waals surface area contributed by atoms with Crippen LogP contribution in [0.5, 0.6) is 0 Å². The van der Waals surface area contributed by atoms with Crippen LogP contribution in [0.15, 0.2) is 12.5 Å². The molecule has 11 heavy (non-hydrogen) atoms. The number of halogens is 2. The monoisotopic (exact) mass is 188 g/mol. The number of nitrogens with one attached hydrogen (secondary N) is 2. The van der Waals surface area contributed by atoms with Crippen LogP contribution >= 0.6 is 23.2 Å². The van der Waals surface area contributed by atoms with Gasteiger partial charge in [0.05, 0.1) is 11.2 Å². The van der Waals surface area contributed by atoms with E-state index in [9.17, 15) is 0 Å². The predicted octanol–water partition coefficient (Wildman–Crippen LogP) is 1.68. The first kappa shape index (κ1) is 6.88. The number of hydrogen-bond acceptors (Lipinski definition) is 1. The van der Waals surface area contributed by atoms with Crippen LogP contribution in [-0.2, 0) is 0 Å². The van der Waals surface area contributed by atoms with Gasteiger partial charge in [0.1, 0.15) is 5.39 Å². The first-order chi connectivity index (χ1) is 5.29. The summed E-state index contributed by atoms with van der Waals surface area (Å²) in [5.41, 5.74) is 0.787. The largest absolute Gasteiger partial charge is 0.278 e. The van der Waals surface area contributed by atoms with Crippen LogP contribution in [0.4, 0.5) is 0 Å². The first-order valence-electron chi connectivity index (χ1n) is 2.98. The molecule has 2 rings (SSSR count). The third-order valence-electron chi connectivity index (χ3n) is 1.43. The molecule has 2 heterocycles. The molecule has 3 nitrogen and oxygen atoms in total. The highest BCUT2D eigenvalue weighted by atomic mass is 35.5. The second-order valence-electron chi connectivity index (χ2n) is 2.08. The van der Waals surface area contributed by atoms with Crippen LogP contribution in [0.3, 0.4) is 0 Å². The smallest absolute Gasteiger partial charge is 0.236 e. The Morgan fingerprint density at radius 1 is 1.45 bits per heavy atom. The van der Waals surface area contributed by atoms with Gasteiger partial charge in [0.25, 0.3) is 0 Å². The van der Waals surface area contributed by atoms with Gasteiger partial charge in [0.2, 0.25) is 17.1 Å². The summed E-state index contributed by atoms with van der Waals surface area (Å²) in [7, 11) is 0. The van der Waals surface area contributed by atoms with Gasteiger partial charge in [-0.15, -0.1) is 0 Å². The minimum absolute atomic E-state index is 0.407. The van der Waals surface area contributed by atoms with Gasteiger partial charge >= 0.3 is 0 Å². The number of hydrogen-bond donors (Lipinski definition) is 1. The van der Waals surface area contributed by atoms with Crippen LogP contribution in [0.1, 0.15) is 0 Å². The van der Waals surface area contributed by atoms with Gasteiger partial charge < -0.3 is 0 Å². The number of aromatic nitrogens is 3. The van der Waals surface area contributed by atoms with Gasteiger partial charge in [-0.1, -0.05) is 16.6 Å². The molecule has 0 spiro atoms. The molecule has 0 saturated carbocycles. The average Bonchev–Trinajstić information content (AvgIpc) is 2.34. The third-order valence-corrected chi connectivity index (χ3v) is 2.01. The zero-order valence-corrected chi connectivity index (χ0v) is 6.87. The lowest BCUT2D eigenvalue weighted by Gasteiger charge is -1.84. The van der Waals surface area contributed by atoms with Gasteiger partial charge in [0.15, 0.2) is 0 Å². The van der Waals surface area contributed by atoms with E-state index in [0.29, 0.717) is 10.2 Å². The van der Waals surface area contributed by atoms with Gasteiger partial charge in [-0.25, -0.2) is 4.98 Å². The summed E-state index contributed by atoms with van der Waals surface area (Å²) >= 11 is 11.6.